The lowest BCUT2D eigenvalue weighted by Gasteiger charge is -2.02. The molecule has 0 aliphatic rings. The van der Waals surface area contributed by atoms with Crippen molar-refractivity contribution in [1.29, 1.82) is 0 Å². The summed E-state index contributed by atoms with van der Waals surface area (Å²) < 4.78 is 5.07. The zero-order valence-corrected chi connectivity index (χ0v) is 10.00. The number of rotatable bonds is 3. The van der Waals surface area contributed by atoms with E-state index in [0.29, 0.717) is 5.56 Å². The molecule has 2 aromatic carbocycles. The van der Waals surface area contributed by atoms with Crippen LogP contribution in [0.15, 0.2) is 42.5 Å². The third-order valence-electron chi connectivity index (χ3n) is 2.62. The molecule has 0 bridgehead atoms. The molecule has 92 valence electrons. The Balaban J connectivity index is 2.24. The van der Waals surface area contributed by atoms with E-state index in [-0.39, 0.29) is 11.5 Å². The molecule has 3 nitrogen and oxygen atoms in total. The fourth-order valence-electron chi connectivity index (χ4n) is 1.61. The first kappa shape index (κ1) is 12.0. The first-order valence-corrected chi connectivity index (χ1v) is 5.54. The summed E-state index contributed by atoms with van der Waals surface area (Å²) in [6, 6.07) is 12.2. The SMILES string of the molecule is COc1ccc(/C=C/c2c(O)cccc2O)cc1. The maximum Gasteiger partial charge on any atom is 0.126 e. The van der Waals surface area contributed by atoms with Crippen LogP contribution in [-0.2, 0) is 0 Å². The molecule has 0 saturated carbocycles. The second kappa shape index (κ2) is 5.27. The fraction of sp³-hybridized carbons (Fsp3) is 0.0667. The zero-order valence-electron chi connectivity index (χ0n) is 10.00. The van der Waals surface area contributed by atoms with Gasteiger partial charge in [-0.1, -0.05) is 24.3 Å². The van der Waals surface area contributed by atoms with Crippen LogP contribution in [-0.4, -0.2) is 17.3 Å². The predicted molar refractivity (Wildman–Crippen MR) is 71.7 cm³/mol. The Kier molecular flexibility index (Phi) is 3.53. The minimum atomic E-state index is 0.0553. The van der Waals surface area contributed by atoms with Crippen LogP contribution >= 0.6 is 0 Å². The van der Waals surface area contributed by atoms with Gasteiger partial charge in [-0.15, -0.1) is 0 Å². The van der Waals surface area contributed by atoms with Crippen LogP contribution < -0.4 is 4.74 Å². The van der Waals surface area contributed by atoms with E-state index in [4.69, 9.17) is 4.74 Å². The van der Waals surface area contributed by atoms with E-state index >= 15 is 0 Å². The van der Waals surface area contributed by atoms with Gasteiger partial charge in [-0.2, -0.15) is 0 Å². The highest BCUT2D eigenvalue weighted by atomic mass is 16.5. The Labute approximate surface area is 106 Å². The minimum absolute atomic E-state index is 0.0553. The number of hydrogen-bond donors (Lipinski definition) is 2. The number of phenols is 2. The smallest absolute Gasteiger partial charge is 0.126 e. The van der Waals surface area contributed by atoms with E-state index in [1.807, 2.05) is 30.3 Å². The fourth-order valence-corrected chi connectivity index (χ4v) is 1.61. The van der Waals surface area contributed by atoms with E-state index < -0.39 is 0 Å². The zero-order chi connectivity index (χ0) is 13.0. The van der Waals surface area contributed by atoms with Crippen molar-refractivity contribution in [3.05, 3.63) is 53.6 Å². The third-order valence-corrected chi connectivity index (χ3v) is 2.62. The maximum atomic E-state index is 9.62. The standard InChI is InChI=1S/C15H14O3/c1-18-12-8-5-11(6-9-12)7-10-13-14(16)3-2-4-15(13)17/h2-10,16-17H,1H3/b10-7+. The van der Waals surface area contributed by atoms with E-state index in [1.54, 1.807) is 19.3 Å². The lowest BCUT2D eigenvalue weighted by molar-refractivity contribution is 0.415. The molecule has 0 aromatic heterocycles. The summed E-state index contributed by atoms with van der Waals surface area (Å²) in [4.78, 5) is 0. The van der Waals surface area contributed by atoms with Gasteiger partial charge in [0.05, 0.1) is 12.7 Å². The van der Waals surface area contributed by atoms with Crippen molar-refractivity contribution >= 4 is 12.2 Å². The highest BCUT2D eigenvalue weighted by Gasteiger charge is 2.02. The van der Waals surface area contributed by atoms with Gasteiger partial charge in [-0.05, 0) is 35.9 Å². The van der Waals surface area contributed by atoms with Crippen LogP contribution in [0.4, 0.5) is 0 Å². The van der Waals surface area contributed by atoms with Gasteiger partial charge in [0.15, 0.2) is 0 Å². The van der Waals surface area contributed by atoms with Crippen LogP contribution in [0.3, 0.4) is 0 Å². The van der Waals surface area contributed by atoms with Gasteiger partial charge in [0.2, 0.25) is 0 Å². The Bertz CT molecular complexity index is 536. The normalized spacial score (nSPS) is 10.7. The highest BCUT2D eigenvalue weighted by molar-refractivity contribution is 5.75. The summed E-state index contributed by atoms with van der Waals surface area (Å²) in [5.74, 6) is 0.900. The predicted octanol–water partition coefficient (Wildman–Crippen LogP) is 3.28. The molecule has 0 heterocycles. The van der Waals surface area contributed by atoms with Gasteiger partial charge in [0, 0.05) is 0 Å². The molecule has 0 saturated heterocycles. The molecule has 0 aliphatic carbocycles. The average molecular weight is 242 g/mol. The van der Waals surface area contributed by atoms with Gasteiger partial charge in [-0.3, -0.25) is 0 Å². The number of methoxy groups -OCH3 is 1. The Morgan fingerprint density at radius 2 is 1.50 bits per heavy atom. The van der Waals surface area contributed by atoms with Gasteiger partial charge in [0.1, 0.15) is 17.2 Å². The van der Waals surface area contributed by atoms with Crippen molar-refractivity contribution in [3.63, 3.8) is 0 Å². The summed E-state index contributed by atoms with van der Waals surface area (Å²) in [5.41, 5.74) is 1.37. The molecule has 0 spiro atoms. The number of benzene rings is 2. The molecule has 0 unspecified atom stereocenters. The third kappa shape index (κ3) is 2.63. The Hall–Kier alpha value is -2.42. The van der Waals surface area contributed by atoms with Gasteiger partial charge < -0.3 is 14.9 Å². The topological polar surface area (TPSA) is 49.7 Å². The molecule has 2 aromatic rings. The highest BCUT2D eigenvalue weighted by Crippen LogP contribution is 2.28. The molecular formula is C15H14O3. The first-order valence-electron chi connectivity index (χ1n) is 5.54. The molecule has 0 radical (unpaired) electrons. The van der Waals surface area contributed by atoms with Crippen molar-refractivity contribution < 1.29 is 14.9 Å². The van der Waals surface area contributed by atoms with Crippen molar-refractivity contribution in [2.75, 3.05) is 7.11 Å². The Morgan fingerprint density at radius 1 is 0.889 bits per heavy atom. The second-order valence-corrected chi connectivity index (χ2v) is 3.82. The second-order valence-electron chi connectivity index (χ2n) is 3.82. The monoisotopic (exact) mass is 242 g/mol. The molecule has 3 heteroatoms. The van der Waals surface area contributed by atoms with Crippen molar-refractivity contribution in [1.82, 2.24) is 0 Å². The van der Waals surface area contributed by atoms with Gasteiger partial charge >= 0.3 is 0 Å². The molecule has 18 heavy (non-hydrogen) atoms. The first-order chi connectivity index (χ1) is 8.70. The molecule has 0 fully saturated rings. The number of aromatic hydroxyl groups is 2. The van der Waals surface area contributed by atoms with Crippen LogP contribution in [0.2, 0.25) is 0 Å². The van der Waals surface area contributed by atoms with E-state index in [2.05, 4.69) is 0 Å². The molecule has 2 N–H and O–H groups in total. The van der Waals surface area contributed by atoms with E-state index in [1.165, 1.54) is 12.1 Å². The van der Waals surface area contributed by atoms with Crippen molar-refractivity contribution in [3.8, 4) is 17.2 Å². The van der Waals surface area contributed by atoms with Crippen LogP contribution in [0.25, 0.3) is 12.2 Å². The molecule has 0 amide bonds. The summed E-state index contributed by atoms with van der Waals surface area (Å²) in [5, 5.41) is 19.2. The van der Waals surface area contributed by atoms with Gasteiger partial charge in [0.25, 0.3) is 0 Å². The summed E-state index contributed by atoms with van der Waals surface area (Å²) >= 11 is 0. The van der Waals surface area contributed by atoms with Gasteiger partial charge in [-0.25, -0.2) is 0 Å². The van der Waals surface area contributed by atoms with Crippen molar-refractivity contribution in [2.45, 2.75) is 0 Å². The quantitative estimate of drug-likeness (QED) is 0.812. The summed E-state index contributed by atoms with van der Waals surface area (Å²) in [7, 11) is 1.62. The number of phenolic OH excluding ortho intramolecular Hbond substituents is 2. The maximum absolute atomic E-state index is 9.62. The lowest BCUT2D eigenvalue weighted by Crippen LogP contribution is -1.81. The molecule has 2 rings (SSSR count). The minimum Gasteiger partial charge on any atom is -0.507 e. The van der Waals surface area contributed by atoms with Crippen LogP contribution in [0.5, 0.6) is 17.2 Å². The summed E-state index contributed by atoms with van der Waals surface area (Å²) in [6.07, 6.45) is 3.49. The number of hydrogen-bond acceptors (Lipinski definition) is 3. The Morgan fingerprint density at radius 3 is 2.06 bits per heavy atom. The largest absolute Gasteiger partial charge is 0.507 e. The molecule has 0 atom stereocenters. The van der Waals surface area contributed by atoms with Crippen LogP contribution in [0, 0.1) is 0 Å². The molecule has 0 aliphatic heterocycles. The summed E-state index contributed by atoms with van der Waals surface area (Å²) in [6.45, 7) is 0. The number of ether oxygens (including phenoxy) is 1. The lowest BCUT2D eigenvalue weighted by atomic mass is 10.1. The van der Waals surface area contributed by atoms with E-state index in [0.717, 1.165) is 11.3 Å². The average Bonchev–Trinajstić information content (AvgIpc) is 2.39. The van der Waals surface area contributed by atoms with E-state index in [9.17, 15) is 10.2 Å². The van der Waals surface area contributed by atoms with Crippen LogP contribution in [0.1, 0.15) is 11.1 Å². The van der Waals surface area contributed by atoms with Crippen molar-refractivity contribution in [2.24, 2.45) is 0 Å². The molecular weight excluding hydrogens is 228 g/mol.